The molecule has 84 valence electrons. The Bertz CT molecular complexity index is 405. The topological polar surface area (TPSA) is 33.0 Å². The lowest BCUT2D eigenvalue weighted by molar-refractivity contribution is 0.0675. The molecule has 0 amide bonds. The lowest BCUT2D eigenvalue weighted by Crippen LogP contribution is -2.32. The van der Waals surface area contributed by atoms with Crippen LogP contribution in [0.4, 0.5) is 0 Å². The predicted molar refractivity (Wildman–Crippen MR) is 65.6 cm³/mol. The van der Waals surface area contributed by atoms with Gasteiger partial charge in [-0.15, -0.1) is 11.8 Å². The van der Waals surface area contributed by atoms with E-state index in [1.165, 1.54) is 4.90 Å². The van der Waals surface area contributed by atoms with Gasteiger partial charge in [0.25, 0.3) is 0 Å². The lowest BCUT2D eigenvalue weighted by Gasteiger charge is -2.31. The van der Waals surface area contributed by atoms with Crippen molar-refractivity contribution in [2.24, 2.45) is 0 Å². The van der Waals surface area contributed by atoms with Crippen molar-refractivity contribution < 1.29 is 4.74 Å². The van der Waals surface area contributed by atoms with E-state index in [1.54, 1.807) is 11.8 Å². The molecule has 1 aliphatic heterocycles. The highest BCUT2D eigenvalue weighted by Crippen LogP contribution is 2.35. The third-order valence-corrected chi connectivity index (χ3v) is 3.91. The number of nitriles is 1. The standard InChI is InChI=1S/C13H15NOS/c1-16-12-4-2-3-11(9-12)13(10-14)5-7-15-8-6-13/h2-4,9H,5-8H2,1H3. The maximum Gasteiger partial charge on any atom is 0.0866 e. The van der Waals surface area contributed by atoms with Crippen molar-refractivity contribution in [3.63, 3.8) is 0 Å². The molecule has 0 aromatic heterocycles. The van der Waals surface area contributed by atoms with E-state index in [-0.39, 0.29) is 5.41 Å². The first-order chi connectivity index (χ1) is 7.80. The van der Waals surface area contributed by atoms with Gasteiger partial charge < -0.3 is 4.74 Å². The number of benzene rings is 1. The van der Waals surface area contributed by atoms with Crippen LogP contribution >= 0.6 is 11.8 Å². The average molecular weight is 233 g/mol. The maximum absolute atomic E-state index is 9.45. The largest absolute Gasteiger partial charge is 0.381 e. The first kappa shape index (κ1) is 11.5. The fourth-order valence-corrected chi connectivity index (χ4v) is 2.57. The average Bonchev–Trinajstić information content (AvgIpc) is 2.39. The van der Waals surface area contributed by atoms with Gasteiger partial charge in [0.1, 0.15) is 0 Å². The number of ether oxygens (including phenoxy) is 1. The molecule has 1 saturated heterocycles. The van der Waals surface area contributed by atoms with Crippen LogP contribution in [0.15, 0.2) is 29.2 Å². The minimum absolute atomic E-state index is 0.329. The van der Waals surface area contributed by atoms with Crippen LogP contribution < -0.4 is 0 Å². The molecule has 0 spiro atoms. The van der Waals surface area contributed by atoms with E-state index < -0.39 is 0 Å². The smallest absolute Gasteiger partial charge is 0.0866 e. The van der Waals surface area contributed by atoms with Crippen LogP contribution in [-0.2, 0) is 10.2 Å². The van der Waals surface area contributed by atoms with Gasteiger partial charge in [-0.05, 0) is 36.8 Å². The van der Waals surface area contributed by atoms with E-state index >= 15 is 0 Å². The van der Waals surface area contributed by atoms with Gasteiger partial charge in [-0.2, -0.15) is 5.26 Å². The molecule has 0 saturated carbocycles. The molecule has 3 heteroatoms. The fraction of sp³-hybridized carbons (Fsp3) is 0.462. The maximum atomic E-state index is 9.45. The molecule has 1 fully saturated rings. The summed E-state index contributed by atoms with van der Waals surface area (Å²) in [5.41, 5.74) is 0.814. The Morgan fingerprint density at radius 2 is 2.12 bits per heavy atom. The molecule has 1 aromatic rings. The first-order valence-corrected chi connectivity index (χ1v) is 6.67. The van der Waals surface area contributed by atoms with Crippen molar-refractivity contribution in [2.75, 3.05) is 19.5 Å². The van der Waals surface area contributed by atoms with E-state index in [4.69, 9.17) is 4.74 Å². The molecule has 0 unspecified atom stereocenters. The van der Waals surface area contributed by atoms with Crippen LogP contribution in [0.2, 0.25) is 0 Å². The summed E-state index contributed by atoms with van der Waals surface area (Å²) in [7, 11) is 0. The third kappa shape index (κ3) is 2.09. The summed E-state index contributed by atoms with van der Waals surface area (Å²) in [6.45, 7) is 1.38. The molecule has 2 rings (SSSR count). The van der Waals surface area contributed by atoms with Crippen molar-refractivity contribution in [1.29, 1.82) is 5.26 Å². The summed E-state index contributed by atoms with van der Waals surface area (Å²) < 4.78 is 5.35. The summed E-state index contributed by atoms with van der Waals surface area (Å²) in [6.07, 6.45) is 3.67. The van der Waals surface area contributed by atoms with Crippen LogP contribution in [0.5, 0.6) is 0 Å². The first-order valence-electron chi connectivity index (χ1n) is 5.44. The Morgan fingerprint density at radius 3 is 2.75 bits per heavy atom. The Balaban J connectivity index is 2.36. The second kappa shape index (κ2) is 4.90. The van der Waals surface area contributed by atoms with Gasteiger partial charge in [0.05, 0.1) is 11.5 Å². The summed E-state index contributed by atoms with van der Waals surface area (Å²) in [5, 5.41) is 9.45. The molecule has 2 nitrogen and oxygen atoms in total. The van der Waals surface area contributed by atoms with E-state index in [0.29, 0.717) is 13.2 Å². The Hall–Kier alpha value is -0.980. The molecule has 0 N–H and O–H groups in total. The van der Waals surface area contributed by atoms with Gasteiger partial charge in [0.15, 0.2) is 0 Å². The SMILES string of the molecule is CSc1cccc(C2(C#N)CCOCC2)c1. The molecule has 1 aliphatic rings. The monoisotopic (exact) mass is 233 g/mol. The van der Waals surface area contributed by atoms with Gasteiger partial charge in [0, 0.05) is 18.1 Å². The van der Waals surface area contributed by atoms with Crippen molar-refractivity contribution >= 4 is 11.8 Å². The number of rotatable bonds is 2. The lowest BCUT2D eigenvalue weighted by atomic mass is 9.75. The highest BCUT2D eigenvalue weighted by molar-refractivity contribution is 7.98. The Morgan fingerprint density at radius 1 is 1.38 bits per heavy atom. The second-order valence-electron chi connectivity index (χ2n) is 4.04. The Kier molecular flexibility index (Phi) is 3.52. The van der Waals surface area contributed by atoms with Crippen LogP contribution in [0, 0.1) is 11.3 Å². The van der Waals surface area contributed by atoms with Gasteiger partial charge in [-0.25, -0.2) is 0 Å². The predicted octanol–water partition coefficient (Wildman–Crippen LogP) is 2.98. The number of hydrogen-bond acceptors (Lipinski definition) is 3. The minimum atomic E-state index is -0.329. The molecule has 0 bridgehead atoms. The second-order valence-corrected chi connectivity index (χ2v) is 4.92. The molecule has 0 atom stereocenters. The number of hydrogen-bond donors (Lipinski definition) is 0. The molecular formula is C13H15NOS. The van der Waals surface area contributed by atoms with E-state index in [9.17, 15) is 5.26 Å². The molecule has 1 heterocycles. The highest BCUT2D eigenvalue weighted by Gasteiger charge is 2.34. The van der Waals surface area contributed by atoms with Crippen LogP contribution in [0.25, 0.3) is 0 Å². The van der Waals surface area contributed by atoms with Crippen molar-refractivity contribution in [1.82, 2.24) is 0 Å². The fourth-order valence-electron chi connectivity index (χ4n) is 2.11. The molecular weight excluding hydrogens is 218 g/mol. The Labute approximate surface area is 101 Å². The van der Waals surface area contributed by atoms with Gasteiger partial charge >= 0.3 is 0 Å². The quantitative estimate of drug-likeness (QED) is 0.736. The zero-order chi connectivity index (χ0) is 11.4. The summed E-state index contributed by atoms with van der Waals surface area (Å²) in [4.78, 5) is 1.22. The zero-order valence-corrected chi connectivity index (χ0v) is 10.2. The third-order valence-electron chi connectivity index (χ3n) is 3.18. The summed E-state index contributed by atoms with van der Waals surface area (Å²) in [5.74, 6) is 0. The number of nitrogens with zero attached hydrogens (tertiary/aromatic N) is 1. The van der Waals surface area contributed by atoms with E-state index in [1.807, 2.05) is 6.07 Å². The van der Waals surface area contributed by atoms with Gasteiger partial charge in [0.2, 0.25) is 0 Å². The van der Waals surface area contributed by atoms with Gasteiger partial charge in [-0.1, -0.05) is 12.1 Å². The van der Waals surface area contributed by atoms with E-state index in [2.05, 4.69) is 30.5 Å². The van der Waals surface area contributed by atoms with Gasteiger partial charge in [-0.3, -0.25) is 0 Å². The van der Waals surface area contributed by atoms with E-state index in [0.717, 1.165) is 18.4 Å². The normalized spacial score (nSPS) is 19.0. The minimum Gasteiger partial charge on any atom is -0.381 e. The van der Waals surface area contributed by atoms with Crippen molar-refractivity contribution in [2.45, 2.75) is 23.2 Å². The van der Waals surface area contributed by atoms with Crippen LogP contribution in [0.3, 0.4) is 0 Å². The molecule has 0 aliphatic carbocycles. The van der Waals surface area contributed by atoms with Crippen molar-refractivity contribution in [3.05, 3.63) is 29.8 Å². The van der Waals surface area contributed by atoms with Crippen LogP contribution in [-0.4, -0.2) is 19.5 Å². The molecule has 0 radical (unpaired) electrons. The zero-order valence-electron chi connectivity index (χ0n) is 9.40. The molecule has 1 aromatic carbocycles. The summed E-state index contributed by atoms with van der Waals surface area (Å²) in [6, 6.07) is 10.8. The highest BCUT2D eigenvalue weighted by atomic mass is 32.2. The van der Waals surface area contributed by atoms with Crippen molar-refractivity contribution in [3.8, 4) is 6.07 Å². The molecule has 16 heavy (non-hydrogen) atoms. The van der Waals surface area contributed by atoms with Crippen LogP contribution in [0.1, 0.15) is 18.4 Å². The number of thioether (sulfide) groups is 1. The summed E-state index contributed by atoms with van der Waals surface area (Å²) >= 11 is 1.72.